The van der Waals surface area contributed by atoms with E-state index >= 15 is 0 Å². The molecule has 0 aliphatic carbocycles. The zero-order valence-corrected chi connectivity index (χ0v) is 16.0. The Morgan fingerprint density at radius 2 is 2.00 bits per heavy atom. The Balaban J connectivity index is 2.28. The van der Waals surface area contributed by atoms with Crippen LogP contribution in [0, 0.1) is 3.57 Å². The van der Waals surface area contributed by atoms with Crippen molar-refractivity contribution < 1.29 is 4.79 Å². The molecule has 0 saturated heterocycles. The van der Waals surface area contributed by atoms with Crippen LogP contribution >= 0.6 is 33.9 Å². The molecule has 0 unspecified atom stereocenters. The molecule has 124 valence electrons. The number of nitrogen functional groups attached to an aromatic ring is 1. The van der Waals surface area contributed by atoms with E-state index in [0.717, 1.165) is 3.57 Å². The van der Waals surface area contributed by atoms with Crippen LogP contribution in [-0.2, 0) is 0 Å². The zero-order valence-electron chi connectivity index (χ0n) is 13.0. The number of benzene rings is 1. The summed E-state index contributed by atoms with van der Waals surface area (Å²) in [6.45, 7) is 3.73. The Labute approximate surface area is 155 Å². The molecule has 6 nitrogen and oxygen atoms in total. The minimum Gasteiger partial charge on any atom is -0.390 e. The van der Waals surface area contributed by atoms with Crippen LogP contribution in [0.2, 0.25) is 0 Å². The van der Waals surface area contributed by atoms with Gasteiger partial charge >= 0.3 is 0 Å². The van der Waals surface area contributed by atoms with E-state index < -0.39 is 0 Å². The fourth-order valence-corrected chi connectivity index (χ4v) is 3.48. The lowest BCUT2D eigenvalue weighted by Gasteiger charge is -2.11. The number of hydrogen-bond donors (Lipinski definition) is 2. The van der Waals surface area contributed by atoms with Gasteiger partial charge in [0.05, 0.1) is 16.1 Å². The van der Waals surface area contributed by atoms with Crippen LogP contribution in [0.4, 0.5) is 5.00 Å². The molecule has 0 fully saturated rings. The second-order valence-electron chi connectivity index (χ2n) is 5.56. The van der Waals surface area contributed by atoms with Crippen molar-refractivity contribution in [3.05, 3.63) is 49.3 Å². The molecule has 1 aromatic carbocycles. The largest absolute Gasteiger partial charge is 0.390 e. The van der Waals surface area contributed by atoms with Gasteiger partial charge in [-0.3, -0.25) is 9.59 Å². The molecule has 0 aliphatic rings. The summed E-state index contributed by atoms with van der Waals surface area (Å²) in [5, 5.41) is 10.0. The van der Waals surface area contributed by atoms with Gasteiger partial charge < -0.3 is 11.1 Å². The zero-order chi connectivity index (χ0) is 17.4. The molecule has 0 bridgehead atoms. The number of rotatable bonds is 3. The van der Waals surface area contributed by atoms with E-state index in [1.165, 1.54) is 16.0 Å². The van der Waals surface area contributed by atoms with Gasteiger partial charge in [0.2, 0.25) is 0 Å². The molecule has 2 heterocycles. The van der Waals surface area contributed by atoms with E-state index in [4.69, 9.17) is 5.73 Å². The summed E-state index contributed by atoms with van der Waals surface area (Å²) in [6.07, 6.45) is 0. The molecule has 3 N–H and O–H groups in total. The number of carbonyl (C=O) groups is 1. The number of nitrogens with one attached hydrogen (secondary N) is 1. The fraction of sp³-hybridized carbons (Fsp3) is 0.188. The van der Waals surface area contributed by atoms with Crippen LogP contribution in [0.5, 0.6) is 0 Å². The van der Waals surface area contributed by atoms with Crippen LogP contribution in [0.15, 0.2) is 34.4 Å². The van der Waals surface area contributed by atoms with Crippen molar-refractivity contribution in [2.75, 3.05) is 5.73 Å². The second kappa shape index (κ2) is 6.52. The second-order valence-corrected chi connectivity index (χ2v) is 7.72. The van der Waals surface area contributed by atoms with Gasteiger partial charge in [0.15, 0.2) is 5.69 Å². The standard InChI is InChI=1S/C16H15IN4O2S/c1-8(2)19-15(22)13-11-7-24-14(18)12(11)16(23)21(20-13)10-5-3-9(17)4-6-10/h3-8H,18H2,1-2H3,(H,19,22)/i17-3. The molecule has 8 heteroatoms. The lowest BCUT2D eigenvalue weighted by molar-refractivity contribution is 0.0938. The highest BCUT2D eigenvalue weighted by Gasteiger charge is 2.20. The van der Waals surface area contributed by atoms with Crippen molar-refractivity contribution in [1.82, 2.24) is 15.1 Å². The van der Waals surface area contributed by atoms with Gasteiger partial charge in [-0.15, -0.1) is 11.3 Å². The molecule has 3 aromatic rings. The van der Waals surface area contributed by atoms with Crippen LogP contribution in [0.1, 0.15) is 24.3 Å². The van der Waals surface area contributed by atoms with Crippen molar-refractivity contribution in [3.8, 4) is 5.69 Å². The molecule has 0 aliphatic heterocycles. The quantitative estimate of drug-likeness (QED) is 0.600. The Hall–Kier alpha value is -1.94. The predicted octanol–water partition coefficient (Wildman–Crippen LogP) is 2.77. The van der Waals surface area contributed by atoms with Crippen molar-refractivity contribution in [3.63, 3.8) is 0 Å². The van der Waals surface area contributed by atoms with Crippen molar-refractivity contribution in [1.29, 1.82) is 0 Å². The highest BCUT2D eigenvalue weighted by atomic mass is 124. The van der Waals surface area contributed by atoms with Gasteiger partial charge in [0.25, 0.3) is 11.5 Å². The monoisotopic (exact) mass is 451 g/mol. The maximum atomic E-state index is 12.8. The molecule has 24 heavy (non-hydrogen) atoms. The third-order valence-electron chi connectivity index (χ3n) is 3.39. The summed E-state index contributed by atoms with van der Waals surface area (Å²) in [6, 6.07) is 7.28. The van der Waals surface area contributed by atoms with E-state index in [2.05, 4.69) is 33.0 Å². The maximum Gasteiger partial charge on any atom is 0.282 e. The fourth-order valence-electron chi connectivity index (χ4n) is 2.33. The Morgan fingerprint density at radius 3 is 2.62 bits per heavy atom. The smallest absolute Gasteiger partial charge is 0.282 e. The average molecular weight is 451 g/mol. The van der Waals surface area contributed by atoms with Crippen molar-refractivity contribution >= 4 is 55.6 Å². The third kappa shape index (κ3) is 3.03. The summed E-state index contributed by atoms with van der Waals surface area (Å²) in [5.41, 5.74) is 6.42. The first-order valence-corrected chi connectivity index (χ1v) is 9.21. The number of fused-ring (bicyclic) bond motifs is 1. The number of anilines is 1. The molecular formula is C16H15IN4O2S. The summed E-state index contributed by atoms with van der Waals surface area (Å²) in [4.78, 5) is 25.3. The highest BCUT2D eigenvalue weighted by molar-refractivity contribution is 14.1. The number of thiophene rings is 1. The maximum absolute atomic E-state index is 12.8. The third-order valence-corrected chi connectivity index (χ3v) is 4.92. The summed E-state index contributed by atoms with van der Waals surface area (Å²) in [5.74, 6) is -0.327. The van der Waals surface area contributed by atoms with Crippen LogP contribution in [0.25, 0.3) is 16.5 Å². The highest BCUT2D eigenvalue weighted by Crippen LogP contribution is 2.27. The minimum atomic E-state index is -0.328. The lowest BCUT2D eigenvalue weighted by Crippen LogP contribution is -2.33. The Kier molecular flexibility index (Phi) is 4.59. The number of hydrogen-bond acceptors (Lipinski definition) is 5. The molecule has 1 amide bonds. The molecule has 0 atom stereocenters. The van der Waals surface area contributed by atoms with Crippen LogP contribution < -0.4 is 16.6 Å². The molecule has 0 saturated carbocycles. The van der Waals surface area contributed by atoms with Crippen molar-refractivity contribution in [2.45, 2.75) is 19.9 Å². The first-order valence-electron chi connectivity index (χ1n) is 7.25. The number of carbonyl (C=O) groups excluding carboxylic acids is 1. The number of nitrogens with two attached hydrogens (primary N) is 1. The van der Waals surface area contributed by atoms with E-state index in [1.807, 2.05) is 26.0 Å². The molecule has 0 spiro atoms. The van der Waals surface area contributed by atoms with Gasteiger partial charge in [-0.1, -0.05) is 0 Å². The Morgan fingerprint density at radius 1 is 1.33 bits per heavy atom. The number of halogens is 1. The summed E-state index contributed by atoms with van der Waals surface area (Å²) >= 11 is 3.42. The van der Waals surface area contributed by atoms with Gasteiger partial charge in [-0.25, -0.2) is 0 Å². The summed E-state index contributed by atoms with van der Waals surface area (Å²) < 4.78 is 2.27. The van der Waals surface area contributed by atoms with Gasteiger partial charge in [-0.2, -0.15) is 9.78 Å². The van der Waals surface area contributed by atoms with Crippen LogP contribution in [-0.4, -0.2) is 21.7 Å². The topological polar surface area (TPSA) is 90.0 Å². The van der Waals surface area contributed by atoms with Gasteiger partial charge in [0, 0.05) is 20.4 Å². The minimum absolute atomic E-state index is 0.0379. The number of aromatic nitrogens is 2. The van der Waals surface area contributed by atoms with E-state index in [0.29, 0.717) is 21.5 Å². The first kappa shape index (κ1) is 16.9. The summed E-state index contributed by atoms with van der Waals surface area (Å²) in [7, 11) is 0. The van der Waals surface area contributed by atoms with E-state index in [1.54, 1.807) is 17.5 Å². The average Bonchev–Trinajstić information content (AvgIpc) is 2.90. The van der Waals surface area contributed by atoms with E-state index in [9.17, 15) is 9.59 Å². The van der Waals surface area contributed by atoms with Crippen molar-refractivity contribution in [2.24, 2.45) is 0 Å². The van der Waals surface area contributed by atoms with Gasteiger partial charge in [-0.05, 0) is 60.7 Å². The normalized spacial score (nSPS) is 11.2. The molecular weight excluding hydrogens is 436 g/mol. The predicted molar refractivity (Wildman–Crippen MR) is 105 cm³/mol. The molecule has 2 aromatic heterocycles. The molecule has 3 rings (SSSR count). The molecule has 0 radical (unpaired) electrons. The SMILES string of the molecule is CC(C)NC(=O)c1nn(-c2ccc([124I])cc2)c(=O)c2c(N)scc12. The van der Waals surface area contributed by atoms with E-state index in [-0.39, 0.29) is 23.2 Å². The number of nitrogens with zero attached hydrogens (tertiary/aromatic N) is 2. The first-order chi connectivity index (χ1) is 11.4. The Bertz CT molecular complexity index is 976. The number of amides is 1. The lowest BCUT2D eigenvalue weighted by atomic mass is 10.2. The van der Waals surface area contributed by atoms with Crippen LogP contribution in [0.3, 0.4) is 0 Å². The van der Waals surface area contributed by atoms with Gasteiger partial charge in [0.1, 0.15) is 0 Å².